The van der Waals surface area contributed by atoms with Crippen molar-refractivity contribution in [3.8, 4) is 52.3 Å². The van der Waals surface area contributed by atoms with Gasteiger partial charge in [0, 0.05) is 78.5 Å². The fraction of sp³-hybridized carbons (Fsp3) is 0.247. The molecule has 99 heavy (non-hydrogen) atoms. The molecule has 0 saturated carbocycles. The summed E-state index contributed by atoms with van der Waals surface area (Å²) >= 11 is 0. The minimum absolute atomic E-state index is 0. The second kappa shape index (κ2) is 34.9. The number of nitriles is 3. The third-order valence-electron chi connectivity index (χ3n) is 17.0. The molecule has 10 aromatic rings. The highest BCUT2D eigenvalue weighted by Gasteiger charge is 2.44. The van der Waals surface area contributed by atoms with Crippen molar-refractivity contribution in [1.82, 2.24) is 19.9 Å². The molecule has 11 rings (SSSR count). The van der Waals surface area contributed by atoms with E-state index in [1.165, 1.54) is 61.6 Å². The molecule has 0 unspecified atom stereocenters. The predicted molar refractivity (Wildman–Crippen MR) is 370 cm³/mol. The Morgan fingerprint density at radius 1 is 0.354 bits per heavy atom. The maximum absolute atomic E-state index is 12.0. The maximum atomic E-state index is 12.0. The molecular formula is C77H80N8O14. The fourth-order valence-electron chi connectivity index (χ4n) is 11.3. The quantitative estimate of drug-likeness (QED) is 0.0285. The zero-order valence-electron chi connectivity index (χ0n) is 57.0. The van der Waals surface area contributed by atoms with Crippen molar-refractivity contribution in [3.05, 3.63) is 273 Å². The molecule has 0 amide bonds. The van der Waals surface area contributed by atoms with E-state index in [1.807, 2.05) is 140 Å². The SMILES string of the molecule is CC#N.CC#N.CC#N.COC(=O)COc1ccc(C2(C)c3ccc([nH]3)C(C)(c3ccc(OCC(=O)OC)cc3)c3ccc([nH]3)C(C)(c3ccc(OCC(=O)OC)cc3)c3ccc([nH]3)C(C)(c3ccc(OCC(=O)OC)cc3)c3ccc2[nH]3)cc1.O.[O-][n+]1ccc(-c2ccccc2)cc1. The molecule has 5 aromatic heterocycles. The Kier molecular flexibility index (Phi) is 26.7. The highest BCUT2D eigenvalue weighted by Crippen LogP contribution is 2.48. The lowest BCUT2D eigenvalue weighted by atomic mass is 9.76. The van der Waals surface area contributed by atoms with E-state index in [-0.39, 0.29) is 31.9 Å². The summed E-state index contributed by atoms with van der Waals surface area (Å²) in [4.78, 5) is 63.9. The summed E-state index contributed by atoms with van der Waals surface area (Å²) in [6.07, 6.45) is 3.00. The fourth-order valence-corrected chi connectivity index (χ4v) is 11.3. The number of pyridine rings is 1. The zero-order chi connectivity index (χ0) is 71.0. The molecule has 22 nitrogen and oxygen atoms in total. The van der Waals surface area contributed by atoms with Gasteiger partial charge in [-0.2, -0.15) is 20.5 Å². The van der Waals surface area contributed by atoms with Crippen LogP contribution in [0.25, 0.3) is 11.1 Å². The van der Waals surface area contributed by atoms with E-state index in [4.69, 9.17) is 53.7 Å². The van der Waals surface area contributed by atoms with Crippen LogP contribution in [0, 0.1) is 39.2 Å². The standard InChI is InChI=1S/C60H60N4O12.C11H9NO.3C2H3N.H2O/c1-57(37-9-17-41(18-10-37)73-33-53(65)69-5)45-25-27-47(61-45)58(2,38-11-19-42(20-12-38)74-34-54(66)70-6)49-29-31-51(63-49)60(4,40-15-23-44(24-16-40)76-36-56(68)72-8)52-32-30-50(64-52)59(3,48-28-26-46(57)62-48)39-13-21-43(22-14-39)75-35-55(67)71-7;13-12-8-6-11(7-9-12)10-4-2-1-3-5-10;3*1-2-3;/h9-32,61-64H,33-36H2,1-8H3;1-9H;3*1H3;1H2. The Bertz CT molecular complexity index is 3830. The summed E-state index contributed by atoms with van der Waals surface area (Å²) in [5, 5.41) is 32.7. The van der Waals surface area contributed by atoms with Gasteiger partial charge in [-0.1, -0.05) is 78.9 Å². The van der Waals surface area contributed by atoms with E-state index in [0.29, 0.717) is 23.0 Å². The first-order chi connectivity index (χ1) is 47.2. The number of hydrogen-bond acceptors (Lipinski definition) is 16. The lowest BCUT2D eigenvalue weighted by Crippen LogP contribution is -2.32. The first-order valence-electron chi connectivity index (χ1n) is 30.9. The van der Waals surface area contributed by atoms with Crippen LogP contribution < -0.4 is 23.7 Å². The Hall–Kier alpha value is -12.3. The van der Waals surface area contributed by atoms with E-state index < -0.39 is 45.5 Å². The third-order valence-corrected chi connectivity index (χ3v) is 17.0. The lowest BCUT2D eigenvalue weighted by Gasteiger charge is -2.34. The van der Waals surface area contributed by atoms with Gasteiger partial charge in [-0.05, 0) is 158 Å². The number of fused-ring (bicyclic) bond motifs is 8. The molecule has 5 aromatic carbocycles. The molecule has 0 fully saturated rings. The van der Waals surface area contributed by atoms with Crippen LogP contribution in [-0.2, 0) is 59.8 Å². The molecule has 1 aliphatic heterocycles. The average Bonchev–Trinajstić information content (AvgIpc) is 1.56. The second-order valence-corrected chi connectivity index (χ2v) is 22.7. The Morgan fingerprint density at radius 2 is 0.545 bits per heavy atom. The van der Waals surface area contributed by atoms with E-state index in [0.717, 1.165) is 83.7 Å². The zero-order valence-corrected chi connectivity index (χ0v) is 57.0. The van der Waals surface area contributed by atoms with Gasteiger partial charge in [0.1, 0.15) is 23.0 Å². The number of aromatic amines is 4. The van der Waals surface area contributed by atoms with Gasteiger partial charge in [0.15, 0.2) is 38.8 Å². The largest absolute Gasteiger partial charge is 0.619 e. The minimum atomic E-state index is -0.861. The molecule has 0 aliphatic carbocycles. The number of methoxy groups -OCH3 is 4. The highest BCUT2D eigenvalue weighted by atomic mass is 16.6. The molecule has 1 aliphatic rings. The number of esters is 4. The van der Waals surface area contributed by atoms with Crippen molar-refractivity contribution in [2.45, 2.75) is 70.1 Å². The van der Waals surface area contributed by atoms with Gasteiger partial charge in [0.2, 0.25) is 0 Å². The number of H-pyrrole nitrogens is 4. The number of nitrogens with zero attached hydrogens (tertiary/aromatic N) is 4. The topological polar surface area (TPSA) is 335 Å². The van der Waals surface area contributed by atoms with Crippen molar-refractivity contribution in [1.29, 1.82) is 15.8 Å². The monoisotopic (exact) mass is 1340 g/mol. The van der Waals surface area contributed by atoms with Crippen LogP contribution in [0.3, 0.4) is 0 Å². The van der Waals surface area contributed by atoms with Gasteiger partial charge >= 0.3 is 23.9 Å². The first kappa shape index (κ1) is 75.7. The third kappa shape index (κ3) is 17.4. The lowest BCUT2D eigenvalue weighted by molar-refractivity contribution is -0.605. The Balaban J connectivity index is 0.000000576. The summed E-state index contributed by atoms with van der Waals surface area (Å²) < 4.78 is 43.3. The van der Waals surface area contributed by atoms with Crippen LogP contribution in [0.5, 0.6) is 23.0 Å². The molecule has 0 saturated heterocycles. The molecule has 6 heterocycles. The summed E-state index contributed by atoms with van der Waals surface area (Å²) in [5.74, 6) is 0.0499. The molecule has 8 bridgehead atoms. The number of nitrogens with one attached hydrogen (secondary N) is 4. The average molecular weight is 1340 g/mol. The number of aromatic nitrogens is 5. The molecule has 0 atom stereocenters. The summed E-state index contributed by atoms with van der Waals surface area (Å²) in [6, 6.07) is 66.5. The minimum Gasteiger partial charge on any atom is -0.619 e. The van der Waals surface area contributed by atoms with Gasteiger partial charge in [0.25, 0.3) is 0 Å². The van der Waals surface area contributed by atoms with Crippen molar-refractivity contribution in [2.75, 3.05) is 54.9 Å². The van der Waals surface area contributed by atoms with Gasteiger partial charge < -0.3 is 68.5 Å². The maximum Gasteiger partial charge on any atom is 0.343 e. The molecular weight excluding hydrogens is 1260 g/mol. The number of carbonyl (C=O) groups excluding carboxylic acids is 4. The Labute approximate surface area is 575 Å². The molecule has 512 valence electrons. The Morgan fingerprint density at radius 3 is 0.737 bits per heavy atom. The smallest absolute Gasteiger partial charge is 0.343 e. The van der Waals surface area contributed by atoms with Crippen molar-refractivity contribution in [3.63, 3.8) is 0 Å². The highest BCUT2D eigenvalue weighted by molar-refractivity contribution is 5.72. The number of benzene rings is 5. The first-order valence-corrected chi connectivity index (χ1v) is 30.9. The van der Waals surface area contributed by atoms with E-state index in [2.05, 4.69) is 96.2 Å². The second-order valence-electron chi connectivity index (χ2n) is 22.7. The van der Waals surface area contributed by atoms with Crippen molar-refractivity contribution in [2.24, 2.45) is 0 Å². The van der Waals surface area contributed by atoms with E-state index in [1.54, 1.807) is 18.2 Å². The van der Waals surface area contributed by atoms with Crippen molar-refractivity contribution >= 4 is 23.9 Å². The number of ether oxygens (including phenoxy) is 8. The van der Waals surface area contributed by atoms with Gasteiger partial charge in [-0.3, -0.25) is 0 Å². The predicted octanol–water partition coefficient (Wildman–Crippen LogP) is 11.7. The van der Waals surface area contributed by atoms with Crippen molar-refractivity contribution < 1.29 is 67.3 Å². The van der Waals surface area contributed by atoms with Crippen LogP contribution in [0.1, 0.15) is 116 Å². The normalized spacial score (nSPS) is 16.6. The van der Waals surface area contributed by atoms with Crippen LogP contribution in [0.4, 0.5) is 0 Å². The van der Waals surface area contributed by atoms with E-state index >= 15 is 0 Å². The summed E-state index contributed by atoms with van der Waals surface area (Å²) in [5.41, 5.74) is 9.42. The van der Waals surface area contributed by atoms with Crippen LogP contribution in [-0.4, -0.2) is 104 Å². The van der Waals surface area contributed by atoms with Crippen LogP contribution in [0.2, 0.25) is 0 Å². The van der Waals surface area contributed by atoms with Gasteiger partial charge in [0.05, 0.1) is 68.3 Å². The number of hydrogen-bond donors (Lipinski definition) is 4. The van der Waals surface area contributed by atoms with Gasteiger partial charge in [-0.15, -0.1) is 0 Å². The molecule has 22 heteroatoms. The van der Waals surface area contributed by atoms with E-state index in [9.17, 15) is 24.4 Å². The summed E-state index contributed by atoms with van der Waals surface area (Å²) in [7, 11) is 5.28. The van der Waals surface area contributed by atoms with Gasteiger partial charge in [-0.25, -0.2) is 19.2 Å². The van der Waals surface area contributed by atoms with Crippen LogP contribution >= 0.6 is 0 Å². The van der Waals surface area contributed by atoms with Crippen LogP contribution in [0.15, 0.2) is 200 Å². The molecule has 0 radical (unpaired) electrons. The number of rotatable bonds is 17. The molecule has 6 N–H and O–H groups in total. The molecule has 0 spiro atoms. The number of carbonyl (C=O) groups is 4. The summed E-state index contributed by atoms with van der Waals surface area (Å²) in [6.45, 7) is 12.0.